The van der Waals surface area contributed by atoms with Gasteiger partial charge in [-0.3, -0.25) is 0 Å². The monoisotopic (exact) mass is 422 g/mol. The van der Waals surface area contributed by atoms with E-state index >= 15 is 0 Å². The third-order valence-corrected chi connectivity index (χ3v) is 3.95. The van der Waals surface area contributed by atoms with Crippen molar-refractivity contribution < 1.29 is 23.8 Å². The van der Waals surface area contributed by atoms with Gasteiger partial charge in [0.2, 0.25) is 5.76 Å². The van der Waals surface area contributed by atoms with E-state index in [0.717, 1.165) is 10.0 Å². The maximum absolute atomic E-state index is 12.4. The molecule has 0 spiro atoms. The molecule has 0 saturated heterocycles. The van der Waals surface area contributed by atoms with Crippen LogP contribution in [-0.4, -0.2) is 24.1 Å². The van der Waals surface area contributed by atoms with Crippen molar-refractivity contribution in [2.24, 2.45) is 0 Å². The van der Waals surface area contributed by atoms with Crippen LogP contribution < -0.4 is 0 Å². The van der Waals surface area contributed by atoms with E-state index in [4.69, 9.17) is 14.2 Å². The molecule has 26 heavy (non-hydrogen) atoms. The number of hydrogen-bond donors (Lipinski definition) is 0. The Morgan fingerprint density at radius 1 is 1.35 bits per heavy atom. The Balaban J connectivity index is 2.34. The highest BCUT2D eigenvalue weighted by atomic mass is 79.9. The molecule has 0 unspecified atom stereocenters. The summed E-state index contributed by atoms with van der Waals surface area (Å²) < 4.78 is 16.9. The minimum atomic E-state index is -0.644. The molecule has 1 aromatic carbocycles. The standard InChI is InChI=1S/C20H23BrO5/c1-5-24-18(22)12-16-10-14(13-7-6-8-15(21)9-13)11-17(25-16)19(23)26-20(2,3)4/h6-9,11-12,14H,5,10H2,1-4H3/b16-12+/t14-/m0/s1. The van der Waals surface area contributed by atoms with Crippen LogP contribution in [0, 0.1) is 0 Å². The van der Waals surface area contributed by atoms with Crippen LogP contribution in [0.5, 0.6) is 0 Å². The molecule has 0 saturated carbocycles. The first-order valence-corrected chi connectivity index (χ1v) is 9.23. The average Bonchev–Trinajstić information content (AvgIpc) is 2.53. The van der Waals surface area contributed by atoms with Crippen LogP contribution in [0.15, 0.2) is 52.4 Å². The molecule has 0 amide bonds. The highest BCUT2D eigenvalue weighted by molar-refractivity contribution is 9.10. The Morgan fingerprint density at radius 3 is 2.69 bits per heavy atom. The van der Waals surface area contributed by atoms with Crippen LogP contribution in [-0.2, 0) is 23.8 Å². The first kappa shape index (κ1) is 20.2. The van der Waals surface area contributed by atoms with Gasteiger partial charge in [0.25, 0.3) is 0 Å². The first-order chi connectivity index (χ1) is 12.2. The number of ether oxygens (including phenoxy) is 3. The third-order valence-electron chi connectivity index (χ3n) is 3.46. The molecule has 1 heterocycles. The van der Waals surface area contributed by atoms with Crippen LogP contribution in [0.2, 0.25) is 0 Å². The molecule has 1 aliphatic rings. The molecule has 1 atom stereocenters. The molecule has 0 aliphatic carbocycles. The fourth-order valence-corrected chi connectivity index (χ4v) is 2.89. The minimum absolute atomic E-state index is 0.0756. The molecule has 0 N–H and O–H groups in total. The van der Waals surface area contributed by atoms with Gasteiger partial charge in [0.15, 0.2) is 0 Å². The van der Waals surface area contributed by atoms with Crippen LogP contribution in [0.1, 0.15) is 45.6 Å². The Kier molecular flexibility index (Phi) is 6.64. The molecule has 2 rings (SSSR count). The number of carbonyl (C=O) groups excluding carboxylic acids is 2. The van der Waals surface area contributed by atoms with Crippen molar-refractivity contribution in [1.29, 1.82) is 0 Å². The molecule has 5 nitrogen and oxygen atoms in total. The number of benzene rings is 1. The lowest BCUT2D eigenvalue weighted by atomic mass is 9.92. The summed E-state index contributed by atoms with van der Waals surface area (Å²) in [6, 6.07) is 7.79. The summed E-state index contributed by atoms with van der Waals surface area (Å²) in [6.07, 6.45) is 3.46. The summed E-state index contributed by atoms with van der Waals surface area (Å²) in [5.74, 6) is -0.735. The van der Waals surface area contributed by atoms with E-state index in [1.165, 1.54) is 6.08 Å². The fraction of sp³-hybridized carbons (Fsp3) is 0.400. The number of halogens is 1. The fourth-order valence-electron chi connectivity index (χ4n) is 2.47. The Labute approximate surface area is 162 Å². The quantitative estimate of drug-likeness (QED) is 0.522. The molecular weight excluding hydrogens is 400 g/mol. The summed E-state index contributed by atoms with van der Waals surface area (Å²) in [6.45, 7) is 7.36. The minimum Gasteiger partial charge on any atom is -0.463 e. The van der Waals surface area contributed by atoms with Gasteiger partial charge < -0.3 is 14.2 Å². The Morgan fingerprint density at radius 2 is 2.08 bits per heavy atom. The zero-order valence-corrected chi connectivity index (χ0v) is 17.0. The van der Waals surface area contributed by atoms with Gasteiger partial charge in [-0.15, -0.1) is 0 Å². The Bertz CT molecular complexity index is 743. The SMILES string of the molecule is CCOC(=O)/C=C1\C[C@H](c2cccc(Br)c2)C=C(C(=O)OC(C)(C)C)O1. The van der Waals surface area contributed by atoms with E-state index in [1.54, 1.807) is 33.8 Å². The van der Waals surface area contributed by atoms with Gasteiger partial charge in [-0.1, -0.05) is 28.1 Å². The molecule has 1 aliphatic heterocycles. The van der Waals surface area contributed by atoms with E-state index in [2.05, 4.69) is 15.9 Å². The highest BCUT2D eigenvalue weighted by Crippen LogP contribution is 2.34. The maximum Gasteiger partial charge on any atom is 0.374 e. The zero-order chi connectivity index (χ0) is 19.3. The largest absolute Gasteiger partial charge is 0.463 e. The van der Waals surface area contributed by atoms with Crippen LogP contribution in [0.25, 0.3) is 0 Å². The van der Waals surface area contributed by atoms with Gasteiger partial charge in [0, 0.05) is 16.8 Å². The molecule has 1 aromatic rings. The van der Waals surface area contributed by atoms with Gasteiger partial charge in [-0.25, -0.2) is 9.59 Å². The normalized spacial score (nSPS) is 18.7. The van der Waals surface area contributed by atoms with Gasteiger partial charge >= 0.3 is 11.9 Å². The lowest BCUT2D eigenvalue weighted by Gasteiger charge is -2.26. The molecule has 140 valence electrons. The number of esters is 2. The second-order valence-electron chi connectivity index (χ2n) is 6.86. The van der Waals surface area contributed by atoms with Crippen molar-refractivity contribution in [1.82, 2.24) is 0 Å². The van der Waals surface area contributed by atoms with Crippen molar-refractivity contribution in [3.63, 3.8) is 0 Å². The lowest BCUT2D eigenvalue weighted by Crippen LogP contribution is -2.27. The van der Waals surface area contributed by atoms with Gasteiger partial charge in [0.05, 0.1) is 12.7 Å². The molecule has 0 aromatic heterocycles. The number of hydrogen-bond acceptors (Lipinski definition) is 5. The summed E-state index contributed by atoms with van der Waals surface area (Å²) in [5, 5.41) is 0. The van der Waals surface area contributed by atoms with E-state index < -0.39 is 17.5 Å². The second kappa shape index (κ2) is 8.54. The molecule has 0 fully saturated rings. The molecule has 0 radical (unpaired) electrons. The predicted molar refractivity (Wildman–Crippen MR) is 101 cm³/mol. The van der Waals surface area contributed by atoms with Crippen molar-refractivity contribution in [3.8, 4) is 0 Å². The van der Waals surface area contributed by atoms with E-state index in [1.807, 2.05) is 24.3 Å². The van der Waals surface area contributed by atoms with Crippen molar-refractivity contribution in [2.45, 2.75) is 45.6 Å². The van der Waals surface area contributed by atoms with E-state index in [9.17, 15) is 9.59 Å². The summed E-state index contributed by atoms with van der Waals surface area (Å²) in [5.41, 5.74) is 0.355. The van der Waals surface area contributed by atoms with Crippen molar-refractivity contribution in [2.75, 3.05) is 6.61 Å². The summed E-state index contributed by atoms with van der Waals surface area (Å²) in [7, 11) is 0. The molecule has 6 heteroatoms. The lowest BCUT2D eigenvalue weighted by molar-refractivity contribution is -0.154. The van der Waals surface area contributed by atoms with Crippen LogP contribution in [0.4, 0.5) is 0 Å². The second-order valence-corrected chi connectivity index (χ2v) is 7.78. The average molecular weight is 423 g/mol. The Hall–Kier alpha value is -2.08. The number of rotatable bonds is 4. The zero-order valence-electron chi connectivity index (χ0n) is 15.4. The third kappa shape index (κ3) is 6.02. The van der Waals surface area contributed by atoms with E-state index in [-0.39, 0.29) is 18.3 Å². The summed E-state index contributed by atoms with van der Waals surface area (Å²) in [4.78, 5) is 24.2. The number of allylic oxidation sites excluding steroid dienone is 2. The molecular formula is C20H23BrO5. The number of carbonyl (C=O) groups is 2. The maximum atomic E-state index is 12.4. The highest BCUT2D eigenvalue weighted by Gasteiger charge is 2.29. The van der Waals surface area contributed by atoms with Gasteiger partial charge in [0.1, 0.15) is 11.4 Å². The topological polar surface area (TPSA) is 61.8 Å². The van der Waals surface area contributed by atoms with Gasteiger partial charge in [-0.05, 0) is 51.5 Å². The van der Waals surface area contributed by atoms with Gasteiger partial charge in [-0.2, -0.15) is 0 Å². The van der Waals surface area contributed by atoms with Crippen LogP contribution >= 0.6 is 15.9 Å². The smallest absolute Gasteiger partial charge is 0.374 e. The first-order valence-electron chi connectivity index (χ1n) is 8.43. The molecule has 0 bridgehead atoms. The van der Waals surface area contributed by atoms with E-state index in [0.29, 0.717) is 12.2 Å². The summed E-state index contributed by atoms with van der Waals surface area (Å²) >= 11 is 3.46. The van der Waals surface area contributed by atoms with Crippen LogP contribution in [0.3, 0.4) is 0 Å². The predicted octanol–water partition coefficient (Wildman–Crippen LogP) is 4.63. The van der Waals surface area contributed by atoms with Crippen molar-refractivity contribution >= 4 is 27.9 Å². The van der Waals surface area contributed by atoms with Crippen molar-refractivity contribution in [3.05, 3.63) is 58.0 Å².